The van der Waals surface area contributed by atoms with Crippen LogP contribution < -0.4 is 5.32 Å². The lowest BCUT2D eigenvalue weighted by Gasteiger charge is -2.04. The molecule has 1 aromatic carbocycles. The third-order valence-electron chi connectivity index (χ3n) is 1.66. The summed E-state index contributed by atoms with van der Waals surface area (Å²) in [4.78, 5) is 21.4. The van der Waals surface area contributed by atoms with Gasteiger partial charge in [-0.1, -0.05) is 6.58 Å². The van der Waals surface area contributed by atoms with Crippen molar-refractivity contribution < 1.29 is 19.1 Å². The van der Waals surface area contributed by atoms with Crippen LogP contribution in [0, 0.1) is 5.82 Å². The van der Waals surface area contributed by atoms with Crippen molar-refractivity contribution in [2.45, 2.75) is 0 Å². The number of amides is 1. The van der Waals surface area contributed by atoms with E-state index in [4.69, 9.17) is 5.11 Å². The van der Waals surface area contributed by atoms with Crippen LogP contribution in [-0.2, 0) is 4.79 Å². The molecule has 15 heavy (non-hydrogen) atoms. The highest BCUT2D eigenvalue weighted by molar-refractivity contribution is 6.00. The van der Waals surface area contributed by atoms with Gasteiger partial charge in [-0.15, -0.1) is 0 Å². The van der Waals surface area contributed by atoms with Crippen molar-refractivity contribution in [3.05, 3.63) is 42.2 Å². The fourth-order valence-corrected chi connectivity index (χ4v) is 0.938. The van der Waals surface area contributed by atoms with Crippen molar-refractivity contribution in [2.75, 3.05) is 5.32 Å². The number of nitrogens with one attached hydrogen (secondary N) is 1. The van der Waals surface area contributed by atoms with E-state index >= 15 is 0 Å². The number of carboxylic acid groups (broad SMARTS) is 1. The van der Waals surface area contributed by atoms with Gasteiger partial charge in [0.2, 0.25) is 5.91 Å². The standard InChI is InChI=1S/C10H8FNO3/c1-2-9(13)12-8-5-6(10(14)15)3-4-7(8)11/h2-5H,1H2,(H,12,13)(H,14,15). The zero-order chi connectivity index (χ0) is 11.4. The molecule has 2 N–H and O–H groups in total. The third-order valence-corrected chi connectivity index (χ3v) is 1.66. The van der Waals surface area contributed by atoms with E-state index in [2.05, 4.69) is 11.9 Å². The molecule has 0 unspecified atom stereocenters. The molecule has 1 rings (SSSR count). The number of carbonyl (C=O) groups excluding carboxylic acids is 1. The molecule has 1 amide bonds. The Morgan fingerprint density at radius 1 is 1.47 bits per heavy atom. The molecule has 0 aliphatic rings. The molecule has 0 aliphatic carbocycles. The first-order valence-corrected chi connectivity index (χ1v) is 4.01. The van der Waals surface area contributed by atoms with Gasteiger partial charge < -0.3 is 10.4 Å². The SMILES string of the molecule is C=CC(=O)Nc1cc(C(=O)O)ccc1F. The minimum Gasteiger partial charge on any atom is -0.478 e. The highest BCUT2D eigenvalue weighted by atomic mass is 19.1. The summed E-state index contributed by atoms with van der Waals surface area (Å²) in [5.74, 6) is -2.49. The van der Waals surface area contributed by atoms with E-state index in [9.17, 15) is 14.0 Å². The maximum absolute atomic E-state index is 13.1. The lowest BCUT2D eigenvalue weighted by Crippen LogP contribution is -2.10. The van der Waals surface area contributed by atoms with Gasteiger partial charge in [0, 0.05) is 0 Å². The van der Waals surface area contributed by atoms with Crippen LogP contribution in [0.3, 0.4) is 0 Å². The first-order valence-electron chi connectivity index (χ1n) is 4.01. The Hall–Kier alpha value is -2.17. The average Bonchev–Trinajstić information content (AvgIpc) is 2.20. The number of hydrogen-bond acceptors (Lipinski definition) is 2. The normalized spacial score (nSPS) is 9.40. The van der Waals surface area contributed by atoms with Crippen molar-refractivity contribution in [3.8, 4) is 0 Å². The molecule has 0 saturated carbocycles. The first-order chi connectivity index (χ1) is 7.04. The molecule has 0 bridgehead atoms. The van der Waals surface area contributed by atoms with Gasteiger partial charge in [-0.3, -0.25) is 4.79 Å². The highest BCUT2D eigenvalue weighted by Crippen LogP contribution is 2.16. The summed E-state index contributed by atoms with van der Waals surface area (Å²) in [6, 6.07) is 3.13. The van der Waals surface area contributed by atoms with Crippen molar-refractivity contribution in [3.63, 3.8) is 0 Å². The molecule has 0 atom stereocenters. The Labute approximate surface area is 85.0 Å². The number of carbonyl (C=O) groups is 2. The number of benzene rings is 1. The van der Waals surface area contributed by atoms with Gasteiger partial charge >= 0.3 is 5.97 Å². The molecular formula is C10H8FNO3. The van der Waals surface area contributed by atoms with Crippen LogP contribution in [0.25, 0.3) is 0 Å². The molecule has 5 heteroatoms. The molecule has 4 nitrogen and oxygen atoms in total. The lowest BCUT2D eigenvalue weighted by molar-refractivity contribution is -0.111. The second-order valence-corrected chi connectivity index (χ2v) is 2.69. The fourth-order valence-electron chi connectivity index (χ4n) is 0.938. The van der Waals surface area contributed by atoms with Crippen LogP contribution in [0.4, 0.5) is 10.1 Å². The summed E-state index contributed by atoms with van der Waals surface area (Å²) in [5.41, 5.74) is -0.282. The van der Waals surface area contributed by atoms with Crippen LogP contribution in [0.1, 0.15) is 10.4 Å². The van der Waals surface area contributed by atoms with E-state index in [-0.39, 0.29) is 11.3 Å². The first kappa shape index (κ1) is 10.9. The zero-order valence-corrected chi connectivity index (χ0v) is 7.66. The number of aromatic carboxylic acids is 1. The summed E-state index contributed by atoms with van der Waals surface area (Å²) in [6.07, 6.45) is 0.965. The van der Waals surface area contributed by atoms with Crippen molar-refractivity contribution in [1.82, 2.24) is 0 Å². The highest BCUT2D eigenvalue weighted by Gasteiger charge is 2.09. The van der Waals surface area contributed by atoms with Crippen LogP contribution in [0.2, 0.25) is 0 Å². The van der Waals surface area contributed by atoms with Gasteiger partial charge in [0.1, 0.15) is 5.82 Å². The number of hydrogen-bond donors (Lipinski definition) is 2. The van der Waals surface area contributed by atoms with Gasteiger partial charge in [-0.2, -0.15) is 0 Å². The van der Waals surface area contributed by atoms with E-state index in [1.807, 2.05) is 0 Å². The number of anilines is 1. The minimum atomic E-state index is -1.19. The largest absolute Gasteiger partial charge is 0.478 e. The maximum Gasteiger partial charge on any atom is 0.335 e. The molecule has 0 saturated heterocycles. The second-order valence-electron chi connectivity index (χ2n) is 2.69. The molecule has 0 fully saturated rings. The molecular weight excluding hydrogens is 201 g/mol. The Balaban J connectivity index is 3.05. The van der Waals surface area contributed by atoms with Crippen molar-refractivity contribution in [1.29, 1.82) is 0 Å². The molecule has 0 aliphatic heterocycles. The Kier molecular flexibility index (Phi) is 3.17. The number of carboxylic acids is 1. The van der Waals surface area contributed by atoms with Crippen molar-refractivity contribution >= 4 is 17.6 Å². The quantitative estimate of drug-likeness (QED) is 0.744. The topological polar surface area (TPSA) is 66.4 Å². The smallest absolute Gasteiger partial charge is 0.335 e. The molecule has 0 heterocycles. The predicted octanol–water partition coefficient (Wildman–Crippen LogP) is 1.65. The van der Waals surface area contributed by atoms with Gasteiger partial charge in [-0.25, -0.2) is 9.18 Å². The third kappa shape index (κ3) is 2.63. The van der Waals surface area contributed by atoms with E-state index in [1.165, 1.54) is 0 Å². The summed E-state index contributed by atoms with van der Waals surface area (Å²) in [6.45, 7) is 3.19. The van der Waals surface area contributed by atoms with Crippen LogP contribution >= 0.6 is 0 Å². The van der Waals surface area contributed by atoms with E-state index in [0.717, 1.165) is 24.3 Å². The van der Waals surface area contributed by atoms with Crippen LogP contribution in [-0.4, -0.2) is 17.0 Å². The Morgan fingerprint density at radius 3 is 2.67 bits per heavy atom. The lowest BCUT2D eigenvalue weighted by atomic mass is 10.2. The summed E-state index contributed by atoms with van der Waals surface area (Å²) in [7, 11) is 0. The van der Waals surface area contributed by atoms with Gasteiger partial charge in [0.25, 0.3) is 0 Å². The Bertz CT molecular complexity index is 429. The molecule has 0 radical (unpaired) electrons. The molecule has 0 spiro atoms. The summed E-state index contributed by atoms with van der Waals surface area (Å²) >= 11 is 0. The number of halogens is 1. The van der Waals surface area contributed by atoms with Crippen LogP contribution in [0.15, 0.2) is 30.9 Å². The minimum absolute atomic E-state index is 0.101. The summed E-state index contributed by atoms with van der Waals surface area (Å²) in [5, 5.41) is 10.8. The Morgan fingerprint density at radius 2 is 2.13 bits per heavy atom. The average molecular weight is 209 g/mol. The second kappa shape index (κ2) is 4.36. The monoisotopic (exact) mass is 209 g/mol. The maximum atomic E-state index is 13.1. The van der Waals surface area contributed by atoms with Gasteiger partial charge in [0.05, 0.1) is 11.3 Å². The fraction of sp³-hybridized carbons (Fsp3) is 0. The van der Waals surface area contributed by atoms with Gasteiger partial charge in [-0.05, 0) is 24.3 Å². The molecule has 1 aromatic rings. The molecule has 0 aromatic heterocycles. The van der Waals surface area contributed by atoms with E-state index in [1.54, 1.807) is 0 Å². The van der Waals surface area contributed by atoms with Gasteiger partial charge in [0.15, 0.2) is 0 Å². The number of rotatable bonds is 3. The summed E-state index contributed by atoms with van der Waals surface area (Å²) < 4.78 is 13.1. The van der Waals surface area contributed by atoms with E-state index in [0.29, 0.717) is 0 Å². The van der Waals surface area contributed by atoms with Crippen molar-refractivity contribution in [2.24, 2.45) is 0 Å². The molecule has 78 valence electrons. The predicted molar refractivity (Wildman–Crippen MR) is 52.2 cm³/mol. The zero-order valence-electron chi connectivity index (χ0n) is 7.66. The van der Waals surface area contributed by atoms with Crippen LogP contribution in [0.5, 0.6) is 0 Å². The van der Waals surface area contributed by atoms with E-state index < -0.39 is 17.7 Å².